The molecule has 3 aromatic rings. The highest BCUT2D eigenvalue weighted by Crippen LogP contribution is 2.30. The molecule has 1 amide bonds. The van der Waals surface area contributed by atoms with Crippen molar-refractivity contribution in [3.8, 4) is 11.1 Å². The Labute approximate surface area is 144 Å². The van der Waals surface area contributed by atoms with Crippen molar-refractivity contribution >= 4 is 34.8 Å². The molecule has 0 heterocycles. The second kappa shape index (κ2) is 6.86. The van der Waals surface area contributed by atoms with Crippen LogP contribution in [-0.4, -0.2) is 5.91 Å². The van der Waals surface area contributed by atoms with E-state index in [9.17, 15) is 4.79 Å². The molecule has 0 aliphatic rings. The summed E-state index contributed by atoms with van der Waals surface area (Å²) in [4.78, 5) is 12.5. The number of rotatable bonds is 3. The monoisotopic (exact) mass is 341 g/mol. The minimum Gasteiger partial charge on any atom is -0.321 e. The molecule has 4 heteroatoms. The van der Waals surface area contributed by atoms with E-state index >= 15 is 0 Å². The van der Waals surface area contributed by atoms with Gasteiger partial charge >= 0.3 is 0 Å². The molecule has 3 aromatic carbocycles. The number of para-hydroxylation sites is 1. The van der Waals surface area contributed by atoms with Crippen molar-refractivity contribution in [2.24, 2.45) is 0 Å². The average molecular weight is 342 g/mol. The normalized spacial score (nSPS) is 10.3. The van der Waals surface area contributed by atoms with Crippen molar-refractivity contribution in [2.45, 2.75) is 0 Å². The first-order valence-corrected chi connectivity index (χ1v) is 7.82. The summed E-state index contributed by atoms with van der Waals surface area (Å²) < 4.78 is 0. The van der Waals surface area contributed by atoms with Crippen molar-refractivity contribution in [1.82, 2.24) is 0 Å². The summed E-state index contributed by atoms with van der Waals surface area (Å²) in [7, 11) is 0. The van der Waals surface area contributed by atoms with Crippen LogP contribution in [0.1, 0.15) is 10.4 Å². The standard InChI is InChI=1S/C19H13Cl2NO/c20-16-11-6-10-15(18(16)21)19(23)22-17-12-5-4-9-14(17)13-7-2-1-3-8-13/h1-12H,(H,22,23). The summed E-state index contributed by atoms with van der Waals surface area (Å²) in [5.41, 5.74) is 3.04. The van der Waals surface area contributed by atoms with Crippen molar-refractivity contribution in [3.05, 3.63) is 88.4 Å². The van der Waals surface area contributed by atoms with E-state index in [2.05, 4.69) is 5.32 Å². The van der Waals surface area contributed by atoms with Gasteiger partial charge in [-0.2, -0.15) is 0 Å². The third kappa shape index (κ3) is 3.39. The summed E-state index contributed by atoms with van der Waals surface area (Å²) in [6, 6.07) is 22.5. The van der Waals surface area contributed by atoms with Gasteiger partial charge in [-0.15, -0.1) is 0 Å². The Bertz CT molecular complexity index is 847. The zero-order valence-electron chi connectivity index (χ0n) is 12.1. The number of nitrogens with one attached hydrogen (secondary N) is 1. The maximum Gasteiger partial charge on any atom is 0.257 e. The van der Waals surface area contributed by atoms with E-state index in [4.69, 9.17) is 23.2 Å². The molecule has 0 saturated heterocycles. The predicted octanol–water partition coefficient (Wildman–Crippen LogP) is 5.91. The Balaban J connectivity index is 1.95. The highest BCUT2D eigenvalue weighted by Gasteiger charge is 2.14. The van der Waals surface area contributed by atoms with Crippen molar-refractivity contribution < 1.29 is 4.79 Å². The third-order valence-corrected chi connectivity index (χ3v) is 4.28. The van der Waals surface area contributed by atoms with Crippen LogP contribution >= 0.6 is 23.2 Å². The molecular weight excluding hydrogens is 329 g/mol. The van der Waals surface area contributed by atoms with E-state index in [-0.39, 0.29) is 10.9 Å². The van der Waals surface area contributed by atoms with Crippen LogP contribution in [0.2, 0.25) is 10.0 Å². The lowest BCUT2D eigenvalue weighted by atomic mass is 10.0. The molecule has 1 N–H and O–H groups in total. The molecule has 0 saturated carbocycles. The zero-order chi connectivity index (χ0) is 16.2. The first-order valence-electron chi connectivity index (χ1n) is 7.06. The molecule has 0 aromatic heterocycles. The summed E-state index contributed by atoms with van der Waals surface area (Å²) in [6.07, 6.45) is 0. The summed E-state index contributed by atoms with van der Waals surface area (Å²) in [6.45, 7) is 0. The van der Waals surface area contributed by atoms with Crippen LogP contribution in [0, 0.1) is 0 Å². The molecule has 0 unspecified atom stereocenters. The van der Waals surface area contributed by atoms with E-state index in [1.807, 2.05) is 54.6 Å². The van der Waals surface area contributed by atoms with Gasteiger partial charge in [0.2, 0.25) is 0 Å². The fourth-order valence-electron chi connectivity index (χ4n) is 2.33. The van der Waals surface area contributed by atoms with Gasteiger partial charge in [0, 0.05) is 11.3 Å². The number of hydrogen-bond acceptors (Lipinski definition) is 1. The molecule has 0 spiro atoms. The topological polar surface area (TPSA) is 29.1 Å². The Kier molecular flexibility index (Phi) is 4.65. The average Bonchev–Trinajstić information content (AvgIpc) is 2.58. The van der Waals surface area contributed by atoms with Gasteiger partial charge in [-0.3, -0.25) is 4.79 Å². The number of halogens is 2. The fourth-order valence-corrected chi connectivity index (χ4v) is 2.72. The van der Waals surface area contributed by atoms with Crippen LogP contribution in [-0.2, 0) is 0 Å². The van der Waals surface area contributed by atoms with E-state index in [1.54, 1.807) is 18.2 Å². The predicted molar refractivity (Wildman–Crippen MR) is 96.3 cm³/mol. The molecular formula is C19H13Cl2NO. The van der Waals surface area contributed by atoms with Crippen molar-refractivity contribution in [1.29, 1.82) is 0 Å². The van der Waals surface area contributed by atoms with Crippen LogP contribution < -0.4 is 5.32 Å². The maximum atomic E-state index is 12.5. The quantitative estimate of drug-likeness (QED) is 0.630. The highest BCUT2D eigenvalue weighted by molar-refractivity contribution is 6.44. The lowest BCUT2D eigenvalue weighted by molar-refractivity contribution is 0.102. The molecule has 0 fully saturated rings. The van der Waals surface area contributed by atoms with E-state index in [0.717, 1.165) is 16.8 Å². The van der Waals surface area contributed by atoms with Gasteiger partial charge in [0.25, 0.3) is 5.91 Å². The van der Waals surface area contributed by atoms with Gasteiger partial charge in [0.1, 0.15) is 0 Å². The minimum atomic E-state index is -0.291. The number of hydrogen-bond donors (Lipinski definition) is 1. The lowest BCUT2D eigenvalue weighted by Gasteiger charge is -2.12. The van der Waals surface area contributed by atoms with Crippen LogP contribution in [0.5, 0.6) is 0 Å². The summed E-state index contributed by atoms with van der Waals surface area (Å²) in [5.74, 6) is -0.291. The zero-order valence-corrected chi connectivity index (χ0v) is 13.6. The van der Waals surface area contributed by atoms with E-state index in [1.165, 1.54) is 0 Å². The summed E-state index contributed by atoms with van der Waals surface area (Å²) >= 11 is 12.1. The van der Waals surface area contributed by atoms with E-state index in [0.29, 0.717) is 10.6 Å². The number of carbonyl (C=O) groups excluding carboxylic acids is 1. The first-order chi connectivity index (χ1) is 11.2. The molecule has 114 valence electrons. The van der Waals surface area contributed by atoms with Gasteiger partial charge in [-0.1, -0.05) is 77.8 Å². The Morgan fingerprint density at radius 1 is 0.783 bits per heavy atom. The third-order valence-electron chi connectivity index (χ3n) is 3.46. The molecule has 0 atom stereocenters. The number of anilines is 1. The van der Waals surface area contributed by atoms with Crippen LogP contribution in [0.3, 0.4) is 0 Å². The van der Waals surface area contributed by atoms with Crippen LogP contribution in [0.25, 0.3) is 11.1 Å². The number of amides is 1. The molecule has 0 radical (unpaired) electrons. The molecule has 3 rings (SSSR count). The lowest BCUT2D eigenvalue weighted by Crippen LogP contribution is -2.13. The van der Waals surface area contributed by atoms with Crippen LogP contribution in [0.15, 0.2) is 72.8 Å². The Morgan fingerprint density at radius 3 is 2.26 bits per heavy atom. The van der Waals surface area contributed by atoms with Gasteiger partial charge in [-0.25, -0.2) is 0 Å². The maximum absolute atomic E-state index is 12.5. The number of carbonyl (C=O) groups is 1. The van der Waals surface area contributed by atoms with Crippen molar-refractivity contribution in [3.63, 3.8) is 0 Å². The highest BCUT2D eigenvalue weighted by atomic mass is 35.5. The smallest absolute Gasteiger partial charge is 0.257 e. The molecule has 0 bridgehead atoms. The van der Waals surface area contributed by atoms with Crippen LogP contribution in [0.4, 0.5) is 5.69 Å². The van der Waals surface area contributed by atoms with Crippen molar-refractivity contribution in [2.75, 3.05) is 5.32 Å². The molecule has 2 nitrogen and oxygen atoms in total. The van der Waals surface area contributed by atoms with E-state index < -0.39 is 0 Å². The molecule has 0 aliphatic heterocycles. The first kappa shape index (κ1) is 15.6. The largest absolute Gasteiger partial charge is 0.321 e. The molecule has 23 heavy (non-hydrogen) atoms. The SMILES string of the molecule is O=C(Nc1ccccc1-c1ccccc1)c1cccc(Cl)c1Cl. The second-order valence-electron chi connectivity index (χ2n) is 4.97. The fraction of sp³-hybridized carbons (Fsp3) is 0. The van der Waals surface area contributed by atoms with Gasteiger partial charge in [0.15, 0.2) is 0 Å². The van der Waals surface area contributed by atoms with Gasteiger partial charge in [-0.05, 0) is 23.8 Å². The Morgan fingerprint density at radius 2 is 1.48 bits per heavy atom. The summed E-state index contributed by atoms with van der Waals surface area (Å²) in [5, 5.41) is 3.52. The van der Waals surface area contributed by atoms with Gasteiger partial charge in [0.05, 0.1) is 15.6 Å². The Hall–Kier alpha value is -2.29. The second-order valence-corrected chi connectivity index (χ2v) is 5.75. The number of benzene rings is 3. The molecule has 0 aliphatic carbocycles. The van der Waals surface area contributed by atoms with Gasteiger partial charge < -0.3 is 5.32 Å². The minimum absolute atomic E-state index is 0.254.